The average molecular weight is 535 g/mol. The highest BCUT2D eigenvalue weighted by atomic mass is 35.5. The van der Waals surface area contributed by atoms with Gasteiger partial charge in [-0.05, 0) is 79.0 Å². The molecular weight excluding hydrogens is 519 g/mol. The minimum absolute atomic E-state index is 0.134. The number of furan rings is 1. The predicted octanol–water partition coefficient (Wildman–Crippen LogP) is 6.98. The van der Waals surface area contributed by atoms with Gasteiger partial charge in [-0.25, -0.2) is 4.98 Å². The zero-order valence-corrected chi connectivity index (χ0v) is 20.7. The average Bonchev–Trinajstić information content (AvgIpc) is 3.50. The molecule has 36 heavy (non-hydrogen) atoms. The summed E-state index contributed by atoms with van der Waals surface area (Å²) in [5.41, 5.74) is 3.46. The topological polar surface area (TPSA) is 93.2 Å². The lowest BCUT2D eigenvalue weighted by atomic mass is 10.2. The van der Waals surface area contributed by atoms with Crippen molar-refractivity contribution in [3.8, 4) is 22.8 Å². The normalized spacial score (nSPS) is 11.2. The van der Waals surface area contributed by atoms with Gasteiger partial charge in [0.2, 0.25) is 11.8 Å². The molecule has 3 heterocycles. The van der Waals surface area contributed by atoms with Crippen LogP contribution in [0.5, 0.6) is 0 Å². The van der Waals surface area contributed by atoms with Crippen LogP contribution < -0.4 is 10.6 Å². The number of benzene rings is 2. The Morgan fingerprint density at radius 2 is 1.81 bits per heavy atom. The number of nitrogens with zero attached hydrogens (tertiary/aromatic N) is 2. The van der Waals surface area contributed by atoms with Crippen molar-refractivity contribution in [2.45, 2.75) is 0 Å². The lowest BCUT2D eigenvalue weighted by Crippen LogP contribution is -2.32. The summed E-state index contributed by atoms with van der Waals surface area (Å²) < 4.78 is 11.5. The fraction of sp³-hybridized carbons (Fsp3) is 0. The maximum absolute atomic E-state index is 12.3. The van der Waals surface area contributed by atoms with Crippen LogP contribution in [0.4, 0.5) is 5.69 Å². The molecule has 178 valence electrons. The van der Waals surface area contributed by atoms with Gasteiger partial charge in [-0.1, -0.05) is 23.2 Å². The van der Waals surface area contributed by atoms with E-state index in [0.717, 1.165) is 5.56 Å². The lowest BCUT2D eigenvalue weighted by Gasteiger charge is -2.07. The molecule has 1 amide bonds. The minimum Gasteiger partial charge on any atom is -0.457 e. The Morgan fingerprint density at radius 3 is 2.61 bits per heavy atom. The minimum atomic E-state index is -0.419. The monoisotopic (exact) mass is 534 g/mol. The first-order valence-corrected chi connectivity index (χ1v) is 11.8. The molecule has 5 aromatic rings. The summed E-state index contributed by atoms with van der Waals surface area (Å²) in [6.07, 6.45) is 6.20. The zero-order chi connectivity index (χ0) is 25.1. The Bertz CT molecular complexity index is 1610. The molecule has 2 N–H and O–H groups in total. The zero-order valence-electron chi connectivity index (χ0n) is 18.4. The van der Waals surface area contributed by atoms with Crippen LogP contribution in [-0.4, -0.2) is 21.0 Å². The van der Waals surface area contributed by atoms with Gasteiger partial charge in [0.05, 0.1) is 5.02 Å². The van der Waals surface area contributed by atoms with Gasteiger partial charge >= 0.3 is 0 Å². The number of hydrogen-bond acceptors (Lipinski definition) is 6. The van der Waals surface area contributed by atoms with Gasteiger partial charge in [0.1, 0.15) is 17.0 Å². The third-order valence-electron chi connectivity index (χ3n) is 5.03. The van der Waals surface area contributed by atoms with Gasteiger partial charge < -0.3 is 14.2 Å². The maximum Gasteiger partial charge on any atom is 0.250 e. The van der Waals surface area contributed by atoms with E-state index in [2.05, 4.69) is 20.6 Å². The molecular formula is C26H16Cl2N4O3S. The summed E-state index contributed by atoms with van der Waals surface area (Å²) in [6, 6.07) is 17.6. The first kappa shape index (κ1) is 23.7. The fourth-order valence-corrected chi connectivity index (χ4v) is 4.09. The van der Waals surface area contributed by atoms with Crippen LogP contribution in [-0.2, 0) is 4.79 Å². The highest BCUT2D eigenvalue weighted by Crippen LogP contribution is 2.32. The number of halogens is 2. The Balaban J connectivity index is 1.20. The van der Waals surface area contributed by atoms with E-state index < -0.39 is 5.91 Å². The number of pyridine rings is 1. The van der Waals surface area contributed by atoms with Crippen molar-refractivity contribution in [2.24, 2.45) is 0 Å². The maximum atomic E-state index is 12.3. The van der Waals surface area contributed by atoms with Gasteiger partial charge in [0.15, 0.2) is 10.7 Å². The van der Waals surface area contributed by atoms with Crippen LogP contribution >= 0.6 is 35.4 Å². The van der Waals surface area contributed by atoms with E-state index in [0.29, 0.717) is 49.8 Å². The number of fused-ring (bicyclic) bond motifs is 1. The molecule has 0 aliphatic carbocycles. The van der Waals surface area contributed by atoms with Crippen molar-refractivity contribution >= 4 is 69.3 Å². The van der Waals surface area contributed by atoms with Crippen LogP contribution in [0.3, 0.4) is 0 Å². The molecule has 10 heteroatoms. The molecule has 0 radical (unpaired) electrons. The van der Waals surface area contributed by atoms with Gasteiger partial charge in [-0.3, -0.25) is 15.1 Å². The van der Waals surface area contributed by atoms with Crippen LogP contribution in [0.2, 0.25) is 10.0 Å². The summed E-state index contributed by atoms with van der Waals surface area (Å²) in [4.78, 5) is 20.8. The summed E-state index contributed by atoms with van der Waals surface area (Å²) in [7, 11) is 0. The van der Waals surface area contributed by atoms with Gasteiger partial charge in [-0.2, -0.15) is 0 Å². The summed E-state index contributed by atoms with van der Waals surface area (Å²) >= 11 is 17.4. The predicted molar refractivity (Wildman–Crippen MR) is 145 cm³/mol. The van der Waals surface area contributed by atoms with Crippen molar-refractivity contribution in [3.63, 3.8) is 0 Å². The van der Waals surface area contributed by atoms with E-state index in [1.54, 1.807) is 60.9 Å². The summed E-state index contributed by atoms with van der Waals surface area (Å²) in [6.45, 7) is 0. The first-order valence-electron chi connectivity index (χ1n) is 10.6. The quantitative estimate of drug-likeness (QED) is 0.185. The highest BCUT2D eigenvalue weighted by molar-refractivity contribution is 7.80. The van der Waals surface area contributed by atoms with Crippen LogP contribution in [0.1, 0.15) is 5.76 Å². The third-order valence-corrected chi connectivity index (χ3v) is 5.78. The Morgan fingerprint density at radius 1 is 0.972 bits per heavy atom. The second-order valence-corrected chi connectivity index (χ2v) is 8.79. The van der Waals surface area contributed by atoms with Crippen LogP contribution in [0.15, 0.2) is 88.0 Å². The van der Waals surface area contributed by atoms with E-state index in [-0.39, 0.29) is 5.11 Å². The van der Waals surface area contributed by atoms with E-state index in [1.165, 1.54) is 12.2 Å². The second-order valence-electron chi connectivity index (χ2n) is 7.54. The van der Waals surface area contributed by atoms with Gasteiger partial charge in [-0.15, -0.1) is 0 Å². The molecule has 0 unspecified atom stereocenters. The van der Waals surface area contributed by atoms with Crippen LogP contribution in [0, 0.1) is 0 Å². The van der Waals surface area contributed by atoms with Crippen molar-refractivity contribution in [3.05, 3.63) is 94.9 Å². The second kappa shape index (κ2) is 10.3. The summed E-state index contributed by atoms with van der Waals surface area (Å²) in [5.74, 6) is 1.11. The van der Waals surface area contributed by atoms with E-state index >= 15 is 0 Å². The number of aromatic nitrogens is 2. The molecule has 5 rings (SSSR count). The number of hydrogen-bond donors (Lipinski definition) is 2. The number of oxazole rings is 1. The van der Waals surface area contributed by atoms with E-state index in [4.69, 9.17) is 44.3 Å². The molecule has 0 aliphatic heterocycles. The van der Waals surface area contributed by atoms with E-state index in [1.807, 2.05) is 12.1 Å². The van der Waals surface area contributed by atoms with Crippen molar-refractivity contribution < 1.29 is 13.6 Å². The molecule has 0 aliphatic rings. The molecule has 0 atom stereocenters. The van der Waals surface area contributed by atoms with Crippen LogP contribution in [0.25, 0.3) is 40.0 Å². The number of anilines is 1. The number of thiocarbonyl (C=S) groups is 1. The fourth-order valence-electron chi connectivity index (χ4n) is 3.37. The smallest absolute Gasteiger partial charge is 0.250 e. The number of rotatable bonds is 5. The Kier molecular flexibility index (Phi) is 6.81. The molecule has 3 aromatic heterocycles. The SMILES string of the molecule is O=C(/C=C/c1ccc(-c2ccc(Cl)cc2Cl)o1)NC(=S)Nc1ccc2oc(-c3ccncc3)nc2c1. The molecule has 7 nitrogen and oxygen atoms in total. The van der Waals surface area contributed by atoms with Crippen molar-refractivity contribution in [2.75, 3.05) is 5.32 Å². The standard InChI is InChI=1S/C26H16Cl2N4O3S/c27-16-1-5-19(20(28)13-16)22-7-3-18(34-22)4-8-24(33)32-26(36)30-17-2-6-23-21(14-17)31-25(35-23)15-9-11-29-12-10-15/h1-14H,(H2,30,32,33,36)/b8-4+. The molecule has 0 spiro atoms. The highest BCUT2D eigenvalue weighted by Gasteiger charge is 2.11. The lowest BCUT2D eigenvalue weighted by molar-refractivity contribution is -0.115. The summed E-state index contributed by atoms with van der Waals surface area (Å²) in [5, 5.41) is 6.71. The van der Waals surface area contributed by atoms with Crippen molar-refractivity contribution in [1.29, 1.82) is 0 Å². The molecule has 0 saturated carbocycles. The molecule has 0 saturated heterocycles. The molecule has 0 bridgehead atoms. The Labute approximate surface area is 220 Å². The molecule has 2 aromatic carbocycles. The molecule has 0 fully saturated rings. The Hall–Kier alpha value is -3.98. The largest absolute Gasteiger partial charge is 0.457 e. The number of carbonyl (C=O) groups excluding carboxylic acids is 1. The van der Waals surface area contributed by atoms with Gasteiger partial charge in [0.25, 0.3) is 0 Å². The van der Waals surface area contributed by atoms with Crippen molar-refractivity contribution in [1.82, 2.24) is 15.3 Å². The number of amides is 1. The number of nitrogens with one attached hydrogen (secondary N) is 2. The van der Waals surface area contributed by atoms with E-state index in [9.17, 15) is 4.79 Å². The first-order chi connectivity index (χ1) is 17.4. The number of carbonyl (C=O) groups is 1. The third kappa shape index (κ3) is 5.46. The van der Waals surface area contributed by atoms with Gasteiger partial charge in [0, 0.05) is 40.3 Å².